The van der Waals surface area contributed by atoms with Gasteiger partial charge in [-0.05, 0) is 55.0 Å². The maximum atomic E-state index is 6.19. The molecular weight excluding hydrogens is 377 g/mol. The molecule has 0 amide bonds. The lowest BCUT2D eigenvalue weighted by molar-refractivity contribution is 0.876. The van der Waals surface area contributed by atoms with Crippen molar-refractivity contribution in [1.29, 1.82) is 0 Å². The number of halogens is 2. The Hall–Kier alpha value is -2.62. The maximum Gasteiger partial charge on any atom is 0.162 e. The van der Waals surface area contributed by atoms with Gasteiger partial charge in [0.15, 0.2) is 5.82 Å². The van der Waals surface area contributed by atoms with Crippen LogP contribution in [0.15, 0.2) is 72.8 Å². The van der Waals surface area contributed by atoms with Gasteiger partial charge in [-0.25, -0.2) is 9.97 Å². The first kappa shape index (κ1) is 17.8. The summed E-state index contributed by atoms with van der Waals surface area (Å²) < 4.78 is 0. The van der Waals surface area contributed by atoms with Crippen molar-refractivity contribution in [1.82, 2.24) is 9.97 Å². The summed E-state index contributed by atoms with van der Waals surface area (Å²) in [6.45, 7) is 2.11. The summed E-state index contributed by atoms with van der Waals surface area (Å²) in [6, 6.07) is 23.5. The third-order valence-electron chi connectivity index (χ3n) is 4.41. The van der Waals surface area contributed by atoms with E-state index in [2.05, 4.69) is 24.4 Å². The molecule has 5 heteroatoms. The third kappa shape index (κ3) is 3.90. The van der Waals surface area contributed by atoms with Crippen LogP contribution in [0.3, 0.4) is 0 Å². The van der Waals surface area contributed by atoms with Gasteiger partial charge in [-0.3, -0.25) is 0 Å². The third-order valence-corrected chi connectivity index (χ3v) is 4.90. The van der Waals surface area contributed by atoms with Gasteiger partial charge in [-0.2, -0.15) is 0 Å². The molecule has 0 fully saturated rings. The van der Waals surface area contributed by atoms with Crippen molar-refractivity contribution in [3.05, 3.63) is 88.4 Å². The van der Waals surface area contributed by atoms with E-state index in [9.17, 15) is 0 Å². The summed E-state index contributed by atoms with van der Waals surface area (Å²) in [5, 5.41) is 5.78. The Morgan fingerprint density at radius 2 is 1.52 bits per heavy atom. The van der Waals surface area contributed by atoms with E-state index in [0.29, 0.717) is 15.9 Å². The van der Waals surface area contributed by atoms with E-state index >= 15 is 0 Å². The second kappa shape index (κ2) is 7.55. The molecule has 3 aromatic carbocycles. The van der Waals surface area contributed by atoms with Crippen LogP contribution in [0, 0.1) is 0 Å². The first-order valence-electron chi connectivity index (χ1n) is 8.65. The van der Waals surface area contributed by atoms with Crippen molar-refractivity contribution >= 4 is 39.9 Å². The van der Waals surface area contributed by atoms with Gasteiger partial charge in [0.05, 0.1) is 5.52 Å². The zero-order valence-electron chi connectivity index (χ0n) is 14.7. The number of rotatable bonds is 4. The zero-order valence-corrected chi connectivity index (χ0v) is 16.2. The number of aromatic nitrogens is 2. The van der Waals surface area contributed by atoms with Crippen LogP contribution < -0.4 is 5.32 Å². The predicted octanol–water partition coefficient (Wildman–Crippen LogP) is 6.78. The molecule has 0 saturated carbocycles. The van der Waals surface area contributed by atoms with Gasteiger partial charge in [0, 0.05) is 27.0 Å². The minimum absolute atomic E-state index is 0.0954. The van der Waals surface area contributed by atoms with E-state index in [1.807, 2.05) is 60.7 Å². The highest BCUT2D eigenvalue weighted by molar-refractivity contribution is 6.31. The van der Waals surface area contributed by atoms with Gasteiger partial charge in [0.1, 0.15) is 5.82 Å². The summed E-state index contributed by atoms with van der Waals surface area (Å²) in [5.74, 6) is 1.40. The summed E-state index contributed by atoms with van der Waals surface area (Å²) >= 11 is 12.2. The second-order valence-corrected chi connectivity index (χ2v) is 7.21. The van der Waals surface area contributed by atoms with Crippen LogP contribution in [-0.4, -0.2) is 9.97 Å². The SMILES string of the molecule is CC(Nc1nc(-c2ccc(Cl)cc2)nc2cc(Cl)ccc12)c1ccccc1. The van der Waals surface area contributed by atoms with Crippen LogP contribution in [0.2, 0.25) is 10.0 Å². The number of nitrogens with zero attached hydrogens (tertiary/aromatic N) is 2. The summed E-state index contributed by atoms with van der Waals surface area (Å²) in [6.07, 6.45) is 0. The molecule has 27 heavy (non-hydrogen) atoms. The maximum absolute atomic E-state index is 6.19. The van der Waals surface area contributed by atoms with Crippen LogP contribution in [0.25, 0.3) is 22.3 Å². The van der Waals surface area contributed by atoms with Crippen molar-refractivity contribution < 1.29 is 0 Å². The lowest BCUT2D eigenvalue weighted by Gasteiger charge is -2.17. The topological polar surface area (TPSA) is 37.8 Å². The molecule has 1 aromatic heterocycles. The van der Waals surface area contributed by atoms with E-state index in [0.717, 1.165) is 22.3 Å². The molecule has 0 saturated heterocycles. The standard InChI is InChI=1S/C22H17Cl2N3/c1-14(15-5-3-2-4-6-15)25-22-19-12-11-18(24)13-20(19)26-21(27-22)16-7-9-17(23)10-8-16/h2-14H,1H3,(H,25,26,27). The van der Waals surface area contributed by atoms with Gasteiger partial charge in [-0.1, -0.05) is 53.5 Å². The normalized spacial score (nSPS) is 12.1. The average molecular weight is 394 g/mol. The van der Waals surface area contributed by atoms with E-state index in [1.165, 1.54) is 5.56 Å². The lowest BCUT2D eigenvalue weighted by atomic mass is 10.1. The summed E-state index contributed by atoms with van der Waals surface area (Å²) in [5.41, 5.74) is 2.88. The lowest BCUT2D eigenvalue weighted by Crippen LogP contribution is -2.09. The molecule has 134 valence electrons. The fraction of sp³-hybridized carbons (Fsp3) is 0.0909. The number of nitrogens with one attached hydrogen (secondary N) is 1. The molecule has 1 N–H and O–H groups in total. The largest absolute Gasteiger partial charge is 0.363 e. The Balaban J connectivity index is 1.81. The van der Waals surface area contributed by atoms with Gasteiger partial charge >= 0.3 is 0 Å². The minimum atomic E-state index is 0.0954. The molecule has 4 aromatic rings. The first-order chi connectivity index (χ1) is 13.1. The molecule has 3 nitrogen and oxygen atoms in total. The molecule has 1 unspecified atom stereocenters. The Morgan fingerprint density at radius 1 is 0.815 bits per heavy atom. The number of hydrogen-bond donors (Lipinski definition) is 1. The molecule has 0 spiro atoms. The fourth-order valence-electron chi connectivity index (χ4n) is 2.97. The molecule has 1 heterocycles. The van der Waals surface area contributed by atoms with Crippen LogP contribution in [0.1, 0.15) is 18.5 Å². The fourth-order valence-corrected chi connectivity index (χ4v) is 3.26. The Bertz CT molecular complexity index is 1080. The number of anilines is 1. The Labute approximate surface area is 168 Å². The van der Waals surface area contributed by atoms with Crippen molar-refractivity contribution in [2.24, 2.45) is 0 Å². The quantitative estimate of drug-likeness (QED) is 0.415. The molecular formula is C22H17Cl2N3. The second-order valence-electron chi connectivity index (χ2n) is 6.34. The van der Waals surface area contributed by atoms with Crippen molar-refractivity contribution in [2.45, 2.75) is 13.0 Å². The van der Waals surface area contributed by atoms with Crippen molar-refractivity contribution in [3.63, 3.8) is 0 Å². The number of benzene rings is 3. The molecule has 0 radical (unpaired) electrons. The molecule has 0 aliphatic rings. The Morgan fingerprint density at radius 3 is 2.26 bits per heavy atom. The van der Waals surface area contributed by atoms with Gasteiger partial charge in [0.25, 0.3) is 0 Å². The highest BCUT2D eigenvalue weighted by Crippen LogP contribution is 2.30. The monoisotopic (exact) mass is 393 g/mol. The summed E-state index contributed by atoms with van der Waals surface area (Å²) in [4.78, 5) is 9.49. The number of hydrogen-bond acceptors (Lipinski definition) is 3. The first-order valence-corrected chi connectivity index (χ1v) is 9.40. The van der Waals surface area contributed by atoms with E-state index in [-0.39, 0.29) is 6.04 Å². The molecule has 4 rings (SSSR count). The average Bonchev–Trinajstić information content (AvgIpc) is 2.68. The van der Waals surface area contributed by atoms with Gasteiger partial charge < -0.3 is 5.32 Å². The molecule has 1 atom stereocenters. The molecule has 0 aliphatic heterocycles. The van der Waals surface area contributed by atoms with Gasteiger partial charge in [0.2, 0.25) is 0 Å². The van der Waals surface area contributed by atoms with E-state index < -0.39 is 0 Å². The number of fused-ring (bicyclic) bond motifs is 1. The highest BCUT2D eigenvalue weighted by Gasteiger charge is 2.13. The highest BCUT2D eigenvalue weighted by atomic mass is 35.5. The van der Waals surface area contributed by atoms with Crippen molar-refractivity contribution in [3.8, 4) is 11.4 Å². The van der Waals surface area contributed by atoms with Crippen molar-refractivity contribution in [2.75, 3.05) is 5.32 Å². The smallest absolute Gasteiger partial charge is 0.162 e. The van der Waals surface area contributed by atoms with Crippen LogP contribution >= 0.6 is 23.2 Å². The molecule has 0 aliphatic carbocycles. The Kier molecular flexibility index (Phi) is 4.97. The zero-order chi connectivity index (χ0) is 18.8. The minimum Gasteiger partial charge on any atom is -0.363 e. The van der Waals surface area contributed by atoms with E-state index in [4.69, 9.17) is 33.2 Å². The van der Waals surface area contributed by atoms with Crippen LogP contribution in [-0.2, 0) is 0 Å². The van der Waals surface area contributed by atoms with E-state index in [1.54, 1.807) is 0 Å². The predicted molar refractivity (Wildman–Crippen MR) is 113 cm³/mol. The molecule has 0 bridgehead atoms. The summed E-state index contributed by atoms with van der Waals surface area (Å²) in [7, 11) is 0. The van der Waals surface area contributed by atoms with Gasteiger partial charge in [-0.15, -0.1) is 0 Å². The van der Waals surface area contributed by atoms with Crippen LogP contribution in [0.5, 0.6) is 0 Å². The van der Waals surface area contributed by atoms with Crippen LogP contribution in [0.4, 0.5) is 5.82 Å².